The van der Waals surface area contributed by atoms with E-state index in [1.165, 1.54) is 10.8 Å². The van der Waals surface area contributed by atoms with Gasteiger partial charge in [-0.15, -0.1) is 0 Å². The van der Waals surface area contributed by atoms with Crippen LogP contribution in [0.3, 0.4) is 0 Å². The van der Waals surface area contributed by atoms with E-state index in [4.69, 9.17) is 5.73 Å². The number of urea groups is 1. The van der Waals surface area contributed by atoms with E-state index >= 15 is 0 Å². The summed E-state index contributed by atoms with van der Waals surface area (Å²) in [6.45, 7) is 1.92. The molecule has 2 aromatic heterocycles. The van der Waals surface area contributed by atoms with Gasteiger partial charge < -0.3 is 21.7 Å². The maximum atomic E-state index is 12.6. The maximum absolute atomic E-state index is 12.6. The molecule has 0 fully saturated rings. The molecule has 0 radical (unpaired) electrons. The van der Waals surface area contributed by atoms with Gasteiger partial charge in [0.15, 0.2) is 5.82 Å². The molecular formula is C21H19N7O2. The number of amides is 3. The number of nitrogen functional groups attached to an aromatic ring is 1. The molecule has 9 heteroatoms. The van der Waals surface area contributed by atoms with Gasteiger partial charge in [0.25, 0.3) is 5.91 Å². The van der Waals surface area contributed by atoms with Crippen molar-refractivity contribution in [1.29, 1.82) is 0 Å². The average molecular weight is 401 g/mol. The minimum absolute atomic E-state index is 0.222. The average Bonchev–Trinajstić information content (AvgIpc) is 3.17. The van der Waals surface area contributed by atoms with Gasteiger partial charge in [-0.05, 0) is 48.9 Å². The fourth-order valence-electron chi connectivity index (χ4n) is 2.99. The lowest BCUT2D eigenvalue weighted by Crippen LogP contribution is -2.20. The summed E-state index contributed by atoms with van der Waals surface area (Å²) < 4.78 is 1.50. The molecule has 0 bridgehead atoms. The van der Waals surface area contributed by atoms with E-state index in [-0.39, 0.29) is 17.8 Å². The van der Waals surface area contributed by atoms with E-state index < -0.39 is 0 Å². The van der Waals surface area contributed by atoms with Crippen LogP contribution in [0.5, 0.6) is 0 Å². The SMILES string of the molecule is Cc1ccccc1NC(=O)Nc1ccc(NC(=O)c2ccn3ncnc(N)c23)cc1. The van der Waals surface area contributed by atoms with Crippen LogP contribution in [0.2, 0.25) is 0 Å². The Morgan fingerprint density at radius 2 is 1.63 bits per heavy atom. The predicted octanol–water partition coefficient (Wildman–Crippen LogP) is 3.52. The van der Waals surface area contributed by atoms with Crippen molar-refractivity contribution in [2.75, 3.05) is 21.7 Å². The highest BCUT2D eigenvalue weighted by molar-refractivity contribution is 6.10. The van der Waals surface area contributed by atoms with E-state index in [0.29, 0.717) is 22.5 Å². The van der Waals surface area contributed by atoms with Gasteiger partial charge in [0.1, 0.15) is 11.8 Å². The van der Waals surface area contributed by atoms with Gasteiger partial charge in [-0.2, -0.15) is 5.10 Å². The van der Waals surface area contributed by atoms with Gasteiger partial charge in [0.05, 0.1) is 5.56 Å². The molecule has 2 aromatic carbocycles. The van der Waals surface area contributed by atoms with Crippen molar-refractivity contribution in [1.82, 2.24) is 14.6 Å². The molecule has 0 saturated heterocycles. The number of benzene rings is 2. The highest BCUT2D eigenvalue weighted by atomic mass is 16.2. The predicted molar refractivity (Wildman–Crippen MR) is 116 cm³/mol. The quantitative estimate of drug-likeness (QED) is 0.416. The smallest absolute Gasteiger partial charge is 0.323 e. The van der Waals surface area contributed by atoms with Gasteiger partial charge in [0, 0.05) is 23.3 Å². The third kappa shape index (κ3) is 3.90. The van der Waals surface area contributed by atoms with Gasteiger partial charge in [-0.1, -0.05) is 18.2 Å². The fraction of sp³-hybridized carbons (Fsp3) is 0.0476. The third-order valence-electron chi connectivity index (χ3n) is 4.52. The van der Waals surface area contributed by atoms with Crippen LogP contribution < -0.4 is 21.7 Å². The number of nitrogens with one attached hydrogen (secondary N) is 3. The summed E-state index contributed by atoms with van der Waals surface area (Å²) in [6, 6.07) is 15.6. The Morgan fingerprint density at radius 1 is 0.933 bits per heavy atom. The Hall–Kier alpha value is -4.40. The summed E-state index contributed by atoms with van der Waals surface area (Å²) in [5.41, 5.74) is 9.54. The molecule has 0 saturated carbocycles. The fourth-order valence-corrected chi connectivity index (χ4v) is 2.99. The number of hydrogen-bond acceptors (Lipinski definition) is 5. The topological polar surface area (TPSA) is 126 Å². The van der Waals surface area contributed by atoms with Gasteiger partial charge >= 0.3 is 6.03 Å². The molecule has 150 valence electrons. The molecule has 4 rings (SSSR count). The van der Waals surface area contributed by atoms with Crippen LogP contribution in [0.15, 0.2) is 67.1 Å². The molecule has 0 aliphatic carbocycles. The normalized spacial score (nSPS) is 10.6. The molecule has 9 nitrogen and oxygen atoms in total. The van der Waals surface area contributed by atoms with E-state index in [2.05, 4.69) is 26.0 Å². The Kier molecular flexibility index (Phi) is 5.00. The van der Waals surface area contributed by atoms with Crippen LogP contribution in [0.4, 0.5) is 27.7 Å². The van der Waals surface area contributed by atoms with Gasteiger partial charge in [-0.25, -0.2) is 14.3 Å². The third-order valence-corrected chi connectivity index (χ3v) is 4.52. The van der Waals surface area contributed by atoms with Crippen molar-refractivity contribution in [3.05, 3.63) is 78.2 Å². The second-order valence-electron chi connectivity index (χ2n) is 6.59. The Labute approximate surface area is 171 Å². The van der Waals surface area contributed by atoms with Crippen LogP contribution >= 0.6 is 0 Å². The molecule has 3 amide bonds. The number of rotatable bonds is 4. The monoisotopic (exact) mass is 401 g/mol. The zero-order valence-electron chi connectivity index (χ0n) is 16.1. The van der Waals surface area contributed by atoms with Crippen molar-refractivity contribution < 1.29 is 9.59 Å². The van der Waals surface area contributed by atoms with E-state index in [9.17, 15) is 9.59 Å². The summed E-state index contributed by atoms with van der Waals surface area (Å²) in [4.78, 5) is 28.7. The number of aromatic nitrogens is 3. The van der Waals surface area contributed by atoms with Gasteiger partial charge in [0.2, 0.25) is 0 Å². The first-order valence-electron chi connectivity index (χ1n) is 9.14. The van der Waals surface area contributed by atoms with Gasteiger partial charge in [-0.3, -0.25) is 4.79 Å². The van der Waals surface area contributed by atoms with Crippen LogP contribution in [-0.2, 0) is 0 Å². The number of carbonyl (C=O) groups excluding carboxylic acids is 2. The van der Waals surface area contributed by atoms with Crippen LogP contribution in [-0.4, -0.2) is 26.5 Å². The number of nitrogens with zero attached hydrogens (tertiary/aromatic N) is 3. The van der Waals surface area contributed by atoms with Crippen LogP contribution in [0.1, 0.15) is 15.9 Å². The molecule has 2 heterocycles. The molecule has 0 spiro atoms. The molecular weight excluding hydrogens is 382 g/mol. The Morgan fingerprint density at radius 3 is 2.37 bits per heavy atom. The lowest BCUT2D eigenvalue weighted by molar-refractivity contribution is 0.102. The molecule has 4 aromatic rings. The molecule has 0 aliphatic heterocycles. The van der Waals surface area contributed by atoms with E-state index in [0.717, 1.165) is 11.3 Å². The van der Waals surface area contributed by atoms with Crippen molar-refractivity contribution in [3.8, 4) is 0 Å². The summed E-state index contributed by atoms with van der Waals surface area (Å²) >= 11 is 0. The first-order chi connectivity index (χ1) is 14.5. The highest BCUT2D eigenvalue weighted by Crippen LogP contribution is 2.20. The standard InChI is InChI=1S/C21H19N7O2/c1-13-4-2-3-5-17(13)27-21(30)26-15-8-6-14(7-9-15)25-20(29)16-10-11-28-18(16)19(22)23-12-24-28/h2-12H,1H3,(H,25,29)(H2,22,23,24)(H2,26,27,30). The Bertz CT molecular complexity index is 1230. The summed E-state index contributed by atoms with van der Waals surface area (Å²) in [5.74, 6) is -0.114. The number of anilines is 4. The Balaban J connectivity index is 1.41. The zero-order chi connectivity index (χ0) is 21.1. The molecule has 0 unspecified atom stereocenters. The highest BCUT2D eigenvalue weighted by Gasteiger charge is 2.15. The van der Waals surface area contributed by atoms with Crippen LogP contribution in [0.25, 0.3) is 5.52 Å². The van der Waals surface area contributed by atoms with E-state index in [1.807, 2.05) is 31.2 Å². The number of nitrogens with two attached hydrogens (primary N) is 1. The number of hydrogen-bond donors (Lipinski definition) is 4. The molecule has 5 N–H and O–H groups in total. The largest absolute Gasteiger partial charge is 0.382 e. The lowest BCUT2D eigenvalue weighted by Gasteiger charge is -2.10. The summed E-state index contributed by atoms with van der Waals surface area (Å²) in [6.07, 6.45) is 2.97. The molecule has 0 aliphatic rings. The maximum Gasteiger partial charge on any atom is 0.323 e. The summed E-state index contributed by atoms with van der Waals surface area (Å²) in [7, 11) is 0. The summed E-state index contributed by atoms with van der Waals surface area (Å²) in [5, 5.41) is 12.4. The molecule has 30 heavy (non-hydrogen) atoms. The first kappa shape index (κ1) is 18.9. The molecule has 0 atom stereocenters. The number of carbonyl (C=O) groups is 2. The zero-order valence-corrected chi connectivity index (χ0v) is 16.1. The number of para-hydroxylation sites is 1. The van der Waals surface area contributed by atoms with Crippen molar-refractivity contribution in [2.45, 2.75) is 6.92 Å². The minimum Gasteiger partial charge on any atom is -0.382 e. The number of aryl methyl sites for hydroxylation is 1. The van der Waals surface area contributed by atoms with Crippen molar-refractivity contribution >= 4 is 40.3 Å². The lowest BCUT2D eigenvalue weighted by atomic mass is 10.2. The van der Waals surface area contributed by atoms with Crippen molar-refractivity contribution in [2.24, 2.45) is 0 Å². The number of fused-ring (bicyclic) bond motifs is 1. The second-order valence-corrected chi connectivity index (χ2v) is 6.59. The van der Waals surface area contributed by atoms with Crippen molar-refractivity contribution in [3.63, 3.8) is 0 Å². The van der Waals surface area contributed by atoms with E-state index in [1.54, 1.807) is 36.5 Å². The second kappa shape index (κ2) is 7.92. The first-order valence-corrected chi connectivity index (χ1v) is 9.14. The minimum atomic E-state index is -0.350. The van der Waals surface area contributed by atoms with Crippen LogP contribution in [0, 0.1) is 6.92 Å².